The van der Waals surface area contributed by atoms with Crippen LogP contribution in [0.1, 0.15) is 48.5 Å². The van der Waals surface area contributed by atoms with Gasteiger partial charge in [-0.2, -0.15) is 5.10 Å². The van der Waals surface area contributed by atoms with E-state index >= 15 is 0 Å². The number of aliphatic hydroxyl groups excluding tert-OH is 1. The number of aryl methyl sites for hydroxylation is 2. The molecule has 2 unspecified atom stereocenters. The van der Waals surface area contributed by atoms with Crippen LogP contribution in [0, 0.1) is 13.8 Å². The normalized spacial score (nSPS) is 15.6. The number of hydrogen-bond acceptors (Lipinski definition) is 8. The number of anilines is 1. The lowest BCUT2D eigenvalue weighted by Crippen LogP contribution is -2.39. The maximum Gasteiger partial charge on any atom is 0.278 e. The number of ether oxygens (including phenoxy) is 1. The SMILES string of the molecule is Cc1cc(C)cc(C(CO)NC(=O)C(C)n2cnn3cc(-c4nc(NC5CCOCC5)ncc4Cl)cc3c2=O)c1. The highest BCUT2D eigenvalue weighted by Crippen LogP contribution is 2.28. The number of aromatic nitrogens is 5. The van der Waals surface area contributed by atoms with E-state index in [4.69, 9.17) is 16.3 Å². The summed E-state index contributed by atoms with van der Waals surface area (Å²) >= 11 is 6.44. The standard InChI is InChI=1S/C28H32ClN7O4/c1-16-8-17(2)10-19(9-16)23(14-37)33-26(38)18(3)35-15-31-36-13-20(11-24(36)27(35)39)25-22(29)12-30-28(34-25)32-21-4-6-40-7-5-21/h8-13,15,18,21,23,37H,4-7,14H2,1-3H3,(H,33,38)(H,30,32,34). The van der Waals surface area contributed by atoms with Crippen molar-refractivity contribution in [2.75, 3.05) is 25.1 Å². The first-order valence-electron chi connectivity index (χ1n) is 13.2. The van der Waals surface area contributed by atoms with Gasteiger partial charge in [-0.3, -0.25) is 14.2 Å². The Bertz CT molecular complexity index is 1580. The number of nitrogens with zero attached hydrogens (tertiary/aromatic N) is 5. The van der Waals surface area contributed by atoms with Gasteiger partial charge >= 0.3 is 0 Å². The molecule has 1 fully saturated rings. The number of nitrogens with one attached hydrogen (secondary N) is 2. The summed E-state index contributed by atoms with van der Waals surface area (Å²) < 4.78 is 8.12. The second-order valence-electron chi connectivity index (χ2n) is 10.2. The van der Waals surface area contributed by atoms with Crippen molar-refractivity contribution in [2.24, 2.45) is 0 Å². The van der Waals surface area contributed by atoms with Crippen LogP contribution in [0.2, 0.25) is 5.02 Å². The van der Waals surface area contributed by atoms with Crippen molar-refractivity contribution < 1.29 is 14.6 Å². The Labute approximate surface area is 236 Å². The number of hydrogen-bond donors (Lipinski definition) is 3. The number of benzene rings is 1. The van der Waals surface area contributed by atoms with Crippen LogP contribution in [-0.4, -0.2) is 61.0 Å². The number of carbonyl (C=O) groups is 1. The van der Waals surface area contributed by atoms with Crippen LogP contribution < -0.4 is 16.2 Å². The number of amides is 1. The molecule has 1 aliphatic heterocycles. The average Bonchev–Trinajstić information content (AvgIpc) is 3.37. The van der Waals surface area contributed by atoms with Crippen LogP contribution >= 0.6 is 11.6 Å². The van der Waals surface area contributed by atoms with Gasteiger partial charge in [0.25, 0.3) is 5.56 Å². The van der Waals surface area contributed by atoms with Crippen LogP contribution in [0.5, 0.6) is 0 Å². The Morgan fingerprint density at radius 1 is 1.20 bits per heavy atom. The van der Waals surface area contributed by atoms with Crippen LogP contribution in [-0.2, 0) is 9.53 Å². The topological polar surface area (TPSA) is 136 Å². The molecule has 2 atom stereocenters. The summed E-state index contributed by atoms with van der Waals surface area (Å²) in [6.07, 6.45) is 6.24. The van der Waals surface area contributed by atoms with Gasteiger partial charge < -0.3 is 20.5 Å². The van der Waals surface area contributed by atoms with Crippen molar-refractivity contribution in [1.82, 2.24) is 29.5 Å². The highest BCUT2D eigenvalue weighted by molar-refractivity contribution is 6.32. The molecule has 3 aromatic heterocycles. The van der Waals surface area contributed by atoms with Gasteiger partial charge in [-0.15, -0.1) is 0 Å². The number of aliphatic hydroxyl groups is 1. The third-order valence-corrected chi connectivity index (χ3v) is 7.35. The van der Waals surface area contributed by atoms with E-state index in [-0.39, 0.29) is 18.2 Å². The first-order chi connectivity index (χ1) is 19.2. The number of carbonyl (C=O) groups excluding carboxylic acids is 1. The molecule has 0 saturated carbocycles. The Morgan fingerprint density at radius 2 is 1.93 bits per heavy atom. The van der Waals surface area contributed by atoms with Crippen LogP contribution in [0.4, 0.5) is 5.95 Å². The summed E-state index contributed by atoms with van der Waals surface area (Å²) in [6.45, 7) is 6.62. The van der Waals surface area contributed by atoms with Crippen molar-refractivity contribution in [1.29, 1.82) is 0 Å². The van der Waals surface area contributed by atoms with Gasteiger partial charge in [0, 0.05) is 31.0 Å². The van der Waals surface area contributed by atoms with E-state index in [9.17, 15) is 14.7 Å². The fourth-order valence-electron chi connectivity index (χ4n) is 4.94. The molecule has 4 aromatic rings. The molecular formula is C28H32ClN7O4. The Kier molecular flexibility index (Phi) is 8.15. The first-order valence-corrected chi connectivity index (χ1v) is 13.6. The van der Waals surface area contributed by atoms with Crippen molar-refractivity contribution in [3.05, 3.63) is 75.1 Å². The second-order valence-corrected chi connectivity index (χ2v) is 10.6. The van der Waals surface area contributed by atoms with Crippen LogP contribution in [0.3, 0.4) is 0 Å². The molecule has 210 valence electrons. The highest BCUT2D eigenvalue weighted by atomic mass is 35.5. The van der Waals surface area contributed by atoms with Gasteiger partial charge in [-0.25, -0.2) is 14.5 Å². The smallest absolute Gasteiger partial charge is 0.278 e. The van der Waals surface area contributed by atoms with E-state index in [0.29, 0.717) is 35.4 Å². The molecule has 5 rings (SSSR count). The summed E-state index contributed by atoms with van der Waals surface area (Å²) in [4.78, 5) is 35.5. The summed E-state index contributed by atoms with van der Waals surface area (Å²) in [5.41, 5.74) is 3.78. The number of fused-ring (bicyclic) bond motifs is 1. The lowest BCUT2D eigenvalue weighted by atomic mass is 10.0. The molecule has 0 aliphatic carbocycles. The predicted molar refractivity (Wildman–Crippen MR) is 152 cm³/mol. The fourth-order valence-corrected chi connectivity index (χ4v) is 5.14. The van der Waals surface area contributed by atoms with Gasteiger partial charge in [-0.05, 0) is 45.2 Å². The Morgan fingerprint density at radius 3 is 2.62 bits per heavy atom. The quantitative estimate of drug-likeness (QED) is 0.296. The minimum Gasteiger partial charge on any atom is -0.394 e. The van der Waals surface area contributed by atoms with E-state index in [1.807, 2.05) is 32.0 Å². The van der Waals surface area contributed by atoms with Gasteiger partial charge in [-0.1, -0.05) is 40.9 Å². The molecular weight excluding hydrogens is 534 g/mol. The third-order valence-electron chi connectivity index (χ3n) is 7.07. The largest absolute Gasteiger partial charge is 0.394 e. The average molecular weight is 566 g/mol. The van der Waals surface area contributed by atoms with E-state index in [2.05, 4.69) is 25.7 Å². The molecule has 0 radical (unpaired) electrons. The maximum atomic E-state index is 13.4. The van der Waals surface area contributed by atoms with Crippen molar-refractivity contribution in [2.45, 2.75) is 51.7 Å². The summed E-state index contributed by atoms with van der Waals surface area (Å²) in [5, 5.41) is 20.8. The number of halogens is 1. The molecule has 11 nitrogen and oxygen atoms in total. The third kappa shape index (κ3) is 5.86. The summed E-state index contributed by atoms with van der Waals surface area (Å²) in [5.74, 6) is 0.0281. The second kappa shape index (κ2) is 11.7. The van der Waals surface area contributed by atoms with Crippen LogP contribution in [0.15, 0.2) is 47.8 Å². The van der Waals surface area contributed by atoms with Gasteiger partial charge in [0.2, 0.25) is 11.9 Å². The Hall–Kier alpha value is -3.80. The number of rotatable bonds is 8. The molecule has 1 saturated heterocycles. The van der Waals surface area contributed by atoms with E-state index < -0.39 is 23.6 Å². The zero-order valence-electron chi connectivity index (χ0n) is 22.6. The van der Waals surface area contributed by atoms with Gasteiger partial charge in [0.15, 0.2) is 0 Å². The predicted octanol–water partition coefficient (Wildman–Crippen LogP) is 3.22. The lowest BCUT2D eigenvalue weighted by molar-refractivity contribution is -0.125. The Balaban J connectivity index is 1.39. The zero-order valence-corrected chi connectivity index (χ0v) is 23.4. The molecule has 40 heavy (non-hydrogen) atoms. The molecule has 1 aromatic carbocycles. The van der Waals surface area contributed by atoms with E-state index in [1.54, 1.807) is 19.2 Å². The monoisotopic (exact) mass is 565 g/mol. The molecule has 1 aliphatic rings. The molecule has 12 heteroatoms. The molecule has 3 N–H and O–H groups in total. The maximum absolute atomic E-state index is 13.4. The highest BCUT2D eigenvalue weighted by Gasteiger charge is 2.23. The molecule has 1 amide bonds. The summed E-state index contributed by atoms with van der Waals surface area (Å²) in [6, 6.07) is 6.23. The van der Waals surface area contributed by atoms with Crippen molar-refractivity contribution >= 4 is 29.0 Å². The van der Waals surface area contributed by atoms with Crippen LogP contribution in [0.25, 0.3) is 16.8 Å². The minimum atomic E-state index is -0.874. The van der Waals surface area contributed by atoms with Crippen molar-refractivity contribution in [3.8, 4) is 11.3 Å². The van der Waals surface area contributed by atoms with Gasteiger partial charge in [0.1, 0.15) is 17.9 Å². The van der Waals surface area contributed by atoms with E-state index in [1.165, 1.54) is 21.6 Å². The summed E-state index contributed by atoms with van der Waals surface area (Å²) in [7, 11) is 0. The minimum absolute atomic E-state index is 0.206. The van der Waals surface area contributed by atoms with Crippen molar-refractivity contribution in [3.63, 3.8) is 0 Å². The fraction of sp³-hybridized carbons (Fsp3) is 0.393. The zero-order chi connectivity index (χ0) is 28.4. The molecule has 4 heterocycles. The molecule has 0 spiro atoms. The van der Waals surface area contributed by atoms with E-state index in [0.717, 1.165) is 29.5 Å². The van der Waals surface area contributed by atoms with Gasteiger partial charge in [0.05, 0.1) is 29.6 Å². The first kappa shape index (κ1) is 27.8. The molecule has 0 bridgehead atoms. The lowest BCUT2D eigenvalue weighted by Gasteiger charge is -2.23.